The molecule has 0 spiro atoms. The molecular formula is C17H22BrNO. The lowest BCUT2D eigenvalue weighted by molar-refractivity contribution is 0.392. The van der Waals surface area contributed by atoms with Crippen molar-refractivity contribution in [1.29, 1.82) is 0 Å². The van der Waals surface area contributed by atoms with Crippen molar-refractivity contribution in [2.45, 2.75) is 39.2 Å². The number of furan rings is 1. The Kier molecular flexibility index (Phi) is 5.86. The molecule has 108 valence electrons. The molecule has 0 fully saturated rings. The Morgan fingerprint density at radius 3 is 2.70 bits per heavy atom. The van der Waals surface area contributed by atoms with E-state index in [4.69, 9.17) is 4.42 Å². The second-order valence-corrected chi connectivity index (χ2v) is 5.91. The predicted molar refractivity (Wildman–Crippen MR) is 87.0 cm³/mol. The molecule has 3 heteroatoms. The summed E-state index contributed by atoms with van der Waals surface area (Å²) in [7, 11) is 0. The van der Waals surface area contributed by atoms with Gasteiger partial charge in [0.2, 0.25) is 0 Å². The Labute approximate surface area is 129 Å². The first-order valence-corrected chi connectivity index (χ1v) is 8.08. The highest BCUT2D eigenvalue weighted by atomic mass is 79.9. The summed E-state index contributed by atoms with van der Waals surface area (Å²) in [6.07, 6.45) is 3.00. The van der Waals surface area contributed by atoms with Gasteiger partial charge in [0.1, 0.15) is 11.5 Å². The highest BCUT2D eigenvalue weighted by Gasteiger charge is 2.15. The molecule has 0 aliphatic heterocycles. The molecule has 0 aliphatic rings. The largest absolute Gasteiger partial charge is 0.464 e. The number of aryl methyl sites for hydroxylation is 1. The number of hydrogen-bond acceptors (Lipinski definition) is 2. The van der Waals surface area contributed by atoms with Crippen molar-refractivity contribution in [2.24, 2.45) is 0 Å². The minimum Gasteiger partial charge on any atom is -0.464 e. The summed E-state index contributed by atoms with van der Waals surface area (Å²) in [5.41, 5.74) is 1.31. The highest BCUT2D eigenvalue weighted by molar-refractivity contribution is 9.10. The lowest BCUT2D eigenvalue weighted by Crippen LogP contribution is -2.23. The molecule has 1 aromatic carbocycles. The van der Waals surface area contributed by atoms with Gasteiger partial charge in [-0.25, -0.2) is 0 Å². The molecule has 0 radical (unpaired) electrons. The summed E-state index contributed by atoms with van der Waals surface area (Å²) in [5, 5.41) is 3.58. The lowest BCUT2D eigenvalue weighted by atomic mass is 10.0. The van der Waals surface area contributed by atoms with Gasteiger partial charge in [-0.15, -0.1) is 0 Å². The topological polar surface area (TPSA) is 25.2 Å². The van der Waals surface area contributed by atoms with Crippen LogP contribution in [-0.2, 0) is 12.8 Å². The van der Waals surface area contributed by atoms with E-state index in [-0.39, 0.29) is 6.04 Å². The third-order valence-corrected chi connectivity index (χ3v) is 3.84. The zero-order chi connectivity index (χ0) is 14.4. The van der Waals surface area contributed by atoms with Gasteiger partial charge in [-0.1, -0.05) is 41.9 Å². The average molecular weight is 336 g/mol. The quantitative estimate of drug-likeness (QED) is 0.779. The van der Waals surface area contributed by atoms with Crippen LogP contribution in [0.5, 0.6) is 0 Å². The van der Waals surface area contributed by atoms with Gasteiger partial charge in [0, 0.05) is 10.9 Å². The van der Waals surface area contributed by atoms with Crippen molar-refractivity contribution in [2.75, 3.05) is 6.54 Å². The minimum atomic E-state index is 0.240. The number of rotatable bonds is 7. The van der Waals surface area contributed by atoms with Crippen LogP contribution in [0.1, 0.15) is 43.4 Å². The van der Waals surface area contributed by atoms with Crippen LogP contribution in [-0.4, -0.2) is 6.54 Å². The second-order valence-electron chi connectivity index (χ2n) is 5.00. The number of halogens is 1. The van der Waals surface area contributed by atoms with E-state index < -0.39 is 0 Å². The van der Waals surface area contributed by atoms with Gasteiger partial charge in [0.05, 0.1) is 6.04 Å². The van der Waals surface area contributed by atoms with Crippen LogP contribution >= 0.6 is 15.9 Å². The zero-order valence-corrected chi connectivity index (χ0v) is 13.7. The highest BCUT2D eigenvalue weighted by Crippen LogP contribution is 2.23. The van der Waals surface area contributed by atoms with Gasteiger partial charge in [-0.3, -0.25) is 0 Å². The summed E-state index contributed by atoms with van der Waals surface area (Å²) in [6.45, 7) is 5.30. The first-order valence-electron chi connectivity index (χ1n) is 7.29. The molecule has 1 atom stereocenters. The molecule has 1 unspecified atom stereocenters. The fraction of sp³-hybridized carbons (Fsp3) is 0.412. The molecule has 1 heterocycles. The summed E-state index contributed by atoms with van der Waals surface area (Å²) in [6, 6.07) is 12.9. The Balaban J connectivity index is 2.14. The van der Waals surface area contributed by atoms with E-state index in [0.29, 0.717) is 0 Å². The van der Waals surface area contributed by atoms with Gasteiger partial charge in [0.15, 0.2) is 0 Å². The van der Waals surface area contributed by atoms with E-state index in [0.717, 1.165) is 41.8 Å². The van der Waals surface area contributed by atoms with Crippen LogP contribution in [0.15, 0.2) is 45.3 Å². The van der Waals surface area contributed by atoms with Crippen molar-refractivity contribution in [3.05, 3.63) is 58.0 Å². The molecule has 20 heavy (non-hydrogen) atoms. The maximum Gasteiger partial charge on any atom is 0.121 e. The monoisotopic (exact) mass is 335 g/mol. The van der Waals surface area contributed by atoms with Crippen LogP contribution in [0.4, 0.5) is 0 Å². The molecule has 0 amide bonds. The standard InChI is InChI=1S/C17H22BrNO/c1-3-10-19-16(17-9-8-15(4-2)20-17)12-13-6-5-7-14(18)11-13/h5-9,11,16,19H,3-4,10,12H2,1-2H3. The summed E-state index contributed by atoms with van der Waals surface area (Å²) < 4.78 is 7.04. The molecule has 0 saturated carbocycles. The lowest BCUT2D eigenvalue weighted by Gasteiger charge is -2.16. The minimum absolute atomic E-state index is 0.240. The first-order chi connectivity index (χ1) is 9.72. The molecule has 2 aromatic rings. The Morgan fingerprint density at radius 2 is 2.05 bits per heavy atom. The van der Waals surface area contributed by atoms with E-state index >= 15 is 0 Å². The number of nitrogens with one attached hydrogen (secondary N) is 1. The molecule has 2 nitrogen and oxygen atoms in total. The molecule has 0 bridgehead atoms. The third-order valence-electron chi connectivity index (χ3n) is 3.34. The molecular weight excluding hydrogens is 314 g/mol. The van der Waals surface area contributed by atoms with E-state index in [1.54, 1.807) is 0 Å². The molecule has 0 aliphatic carbocycles. The van der Waals surface area contributed by atoms with Crippen LogP contribution in [0.25, 0.3) is 0 Å². The zero-order valence-electron chi connectivity index (χ0n) is 12.2. The molecule has 1 aromatic heterocycles. The van der Waals surface area contributed by atoms with Crippen LogP contribution in [0, 0.1) is 0 Å². The van der Waals surface area contributed by atoms with Crippen LogP contribution in [0.3, 0.4) is 0 Å². The third kappa shape index (κ3) is 4.22. The summed E-state index contributed by atoms with van der Waals surface area (Å²) in [5.74, 6) is 2.09. The SMILES string of the molecule is CCCNC(Cc1cccc(Br)c1)c1ccc(CC)o1. The van der Waals surface area contributed by atoms with Gasteiger partial charge in [0.25, 0.3) is 0 Å². The van der Waals surface area contributed by atoms with Crippen LogP contribution in [0.2, 0.25) is 0 Å². The maximum absolute atomic E-state index is 5.92. The van der Waals surface area contributed by atoms with Crippen molar-refractivity contribution in [1.82, 2.24) is 5.32 Å². The van der Waals surface area contributed by atoms with E-state index in [1.807, 2.05) is 0 Å². The number of hydrogen-bond donors (Lipinski definition) is 1. The molecule has 1 N–H and O–H groups in total. The normalized spacial score (nSPS) is 12.6. The molecule has 2 rings (SSSR count). The number of benzene rings is 1. The second kappa shape index (κ2) is 7.65. The van der Waals surface area contributed by atoms with E-state index in [1.165, 1.54) is 5.56 Å². The van der Waals surface area contributed by atoms with Gasteiger partial charge >= 0.3 is 0 Å². The van der Waals surface area contributed by atoms with Crippen molar-refractivity contribution >= 4 is 15.9 Å². The Bertz CT molecular complexity index is 535. The fourth-order valence-electron chi connectivity index (χ4n) is 2.26. The molecule has 0 saturated heterocycles. The Hall–Kier alpha value is -1.06. The van der Waals surface area contributed by atoms with Gasteiger partial charge in [-0.2, -0.15) is 0 Å². The maximum atomic E-state index is 5.92. The Morgan fingerprint density at radius 1 is 1.20 bits per heavy atom. The predicted octanol–water partition coefficient (Wildman–Crippen LogP) is 4.89. The van der Waals surface area contributed by atoms with Gasteiger partial charge in [-0.05, 0) is 49.2 Å². The van der Waals surface area contributed by atoms with Crippen molar-refractivity contribution < 1.29 is 4.42 Å². The fourth-order valence-corrected chi connectivity index (χ4v) is 2.71. The smallest absolute Gasteiger partial charge is 0.121 e. The first kappa shape index (κ1) is 15.3. The van der Waals surface area contributed by atoms with E-state index in [9.17, 15) is 0 Å². The van der Waals surface area contributed by atoms with Gasteiger partial charge < -0.3 is 9.73 Å². The average Bonchev–Trinajstić information content (AvgIpc) is 2.92. The van der Waals surface area contributed by atoms with E-state index in [2.05, 4.69) is 71.5 Å². The summed E-state index contributed by atoms with van der Waals surface area (Å²) in [4.78, 5) is 0. The summed E-state index contributed by atoms with van der Waals surface area (Å²) >= 11 is 3.53. The van der Waals surface area contributed by atoms with Crippen LogP contribution < -0.4 is 5.32 Å². The van der Waals surface area contributed by atoms with Crippen molar-refractivity contribution in [3.8, 4) is 0 Å². The van der Waals surface area contributed by atoms with Crippen molar-refractivity contribution in [3.63, 3.8) is 0 Å².